The average Bonchev–Trinajstić information content (AvgIpc) is 2.52. The molecule has 0 unspecified atom stereocenters. The van der Waals surface area contributed by atoms with Gasteiger partial charge >= 0.3 is 0 Å². The van der Waals surface area contributed by atoms with Crippen LogP contribution in [0.4, 0.5) is 5.69 Å². The van der Waals surface area contributed by atoms with E-state index in [4.69, 9.17) is 5.73 Å². The molecule has 0 radical (unpaired) electrons. The SMILES string of the molecule is CCCS(=O)(=O)Nc1cccc(C(=O)NC(CC)(CC)CN)c1. The molecule has 0 bridgehead atoms. The highest BCUT2D eigenvalue weighted by molar-refractivity contribution is 7.92. The molecule has 0 heterocycles. The van der Waals surface area contributed by atoms with Gasteiger partial charge in [0.05, 0.1) is 11.3 Å². The largest absolute Gasteiger partial charge is 0.345 e. The number of amides is 1. The van der Waals surface area contributed by atoms with E-state index in [0.717, 1.165) is 12.8 Å². The Kier molecular flexibility index (Phi) is 7.02. The Morgan fingerprint density at radius 3 is 2.39 bits per heavy atom. The van der Waals surface area contributed by atoms with E-state index < -0.39 is 15.6 Å². The molecule has 1 rings (SSSR count). The maximum absolute atomic E-state index is 12.4. The highest BCUT2D eigenvalue weighted by Gasteiger charge is 2.26. The summed E-state index contributed by atoms with van der Waals surface area (Å²) in [6.45, 7) is 6.11. The topological polar surface area (TPSA) is 101 Å². The highest BCUT2D eigenvalue weighted by Crippen LogP contribution is 2.17. The lowest BCUT2D eigenvalue weighted by molar-refractivity contribution is 0.0895. The Labute approximate surface area is 138 Å². The third kappa shape index (κ3) is 5.51. The maximum atomic E-state index is 12.4. The van der Waals surface area contributed by atoms with Crippen LogP contribution in [0.5, 0.6) is 0 Å². The van der Waals surface area contributed by atoms with Crippen molar-refractivity contribution in [2.75, 3.05) is 17.0 Å². The van der Waals surface area contributed by atoms with Gasteiger partial charge < -0.3 is 11.1 Å². The smallest absolute Gasteiger partial charge is 0.251 e. The van der Waals surface area contributed by atoms with Crippen LogP contribution in [0.3, 0.4) is 0 Å². The molecule has 130 valence electrons. The molecule has 0 saturated heterocycles. The molecular weight excluding hydrogens is 314 g/mol. The molecule has 0 aliphatic heterocycles. The van der Waals surface area contributed by atoms with Gasteiger partial charge in [0.1, 0.15) is 0 Å². The first-order chi connectivity index (χ1) is 10.8. The second-order valence-corrected chi connectivity index (χ2v) is 7.49. The third-order valence-corrected chi connectivity index (χ3v) is 5.49. The molecule has 1 aromatic carbocycles. The van der Waals surface area contributed by atoms with Gasteiger partial charge in [-0.25, -0.2) is 8.42 Å². The Hall–Kier alpha value is -1.60. The number of nitrogens with one attached hydrogen (secondary N) is 2. The van der Waals surface area contributed by atoms with Crippen LogP contribution in [0.15, 0.2) is 24.3 Å². The summed E-state index contributed by atoms with van der Waals surface area (Å²) in [6.07, 6.45) is 1.99. The minimum absolute atomic E-state index is 0.0470. The van der Waals surface area contributed by atoms with Crippen LogP contribution >= 0.6 is 0 Å². The van der Waals surface area contributed by atoms with Crippen molar-refractivity contribution in [1.29, 1.82) is 0 Å². The van der Waals surface area contributed by atoms with Crippen molar-refractivity contribution >= 4 is 21.6 Å². The average molecular weight is 341 g/mol. The number of anilines is 1. The van der Waals surface area contributed by atoms with Crippen molar-refractivity contribution < 1.29 is 13.2 Å². The number of carbonyl (C=O) groups excluding carboxylic acids is 1. The standard InChI is InChI=1S/C16H27N3O3S/c1-4-10-23(21,22)19-14-9-7-8-13(11-14)15(20)18-16(5-2,6-3)12-17/h7-9,11,19H,4-6,10,12,17H2,1-3H3,(H,18,20). The summed E-state index contributed by atoms with van der Waals surface area (Å²) in [5.41, 5.74) is 6.15. The summed E-state index contributed by atoms with van der Waals surface area (Å²) in [5.74, 6) is -0.207. The van der Waals surface area contributed by atoms with Crippen LogP contribution < -0.4 is 15.8 Å². The van der Waals surface area contributed by atoms with Crippen molar-refractivity contribution in [3.05, 3.63) is 29.8 Å². The molecule has 23 heavy (non-hydrogen) atoms. The molecule has 0 aliphatic rings. The number of hydrogen-bond donors (Lipinski definition) is 3. The Morgan fingerprint density at radius 2 is 1.87 bits per heavy atom. The van der Waals surface area contributed by atoms with Gasteiger partial charge in [-0.1, -0.05) is 26.8 Å². The Balaban J connectivity index is 2.94. The minimum Gasteiger partial charge on any atom is -0.345 e. The molecule has 6 nitrogen and oxygen atoms in total. The fourth-order valence-corrected chi connectivity index (χ4v) is 3.43. The molecule has 0 spiro atoms. The first-order valence-electron chi connectivity index (χ1n) is 7.94. The van der Waals surface area contributed by atoms with Crippen LogP contribution in [-0.2, 0) is 10.0 Å². The summed E-state index contributed by atoms with van der Waals surface area (Å²) in [6, 6.07) is 6.47. The van der Waals surface area contributed by atoms with E-state index in [1.54, 1.807) is 25.1 Å². The highest BCUT2D eigenvalue weighted by atomic mass is 32.2. The van der Waals surface area contributed by atoms with Gasteiger partial charge in [0.15, 0.2) is 0 Å². The van der Waals surface area contributed by atoms with Crippen molar-refractivity contribution in [1.82, 2.24) is 5.32 Å². The number of carbonyl (C=O) groups is 1. The van der Waals surface area contributed by atoms with Crippen molar-refractivity contribution in [2.45, 2.75) is 45.6 Å². The van der Waals surface area contributed by atoms with E-state index in [0.29, 0.717) is 24.2 Å². The zero-order valence-electron chi connectivity index (χ0n) is 14.1. The lowest BCUT2D eigenvalue weighted by Crippen LogP contribution is -2.52. The summed E-state index contributed by atoms with van der Waals surface area (Å²) in [4.78, 5) is 12.4. The number of sulfonamides is 1. The molecule has 0 saturated carbocycles. The molecule has 0 aliphatic carbocycles. The van der Waals surface area contributed by atoms with Gasteiger partial charge in [0.2, 0.25) is 10.0 Å². The zero-order valence-corrected chi connectivity index (χ0v) is 14.9. The van der Waals surface area contributed by atoms with E-state index >= 15 is 0 Å². The van der Waals surface area contributed by atoms with Gasteiger partial charge in [-0.3, -0.25) is 9.52 Å². The van der Waals surface area contributed by atoms with Gasteiger partial charge in [-0.2, -0.15) is 0 Å². The van der Waals surface area contributed by atoms with Crippen LogP contribution in [-0.4, -0.2) is 32.2 Å². The van der Waals surface area contributed by atoms with E-state index in [9.17, 15) is 13.2 Å². The van der Waals surface area contributed by atoms with E-state index in [1.165, 1.54) is 6.07 Å². The second kappa shape index (κ2) is 8.31. The summed E-state index contributed by atoms with van der Waals surface area (Å²) in [5, 5.41) is 2.97. The number of nitrogens with two attached hydrogens (primary N) is 1. The molecule has 1 amide bonds. The Bertz CT molecular complexity index is 617. The van der Waals surface area contributed by atoms with Crippen molar-refractivity contribution in [2.24, 2.45) is 5.73 Å². The maximum Gasteiger partial charge on any atom is 0.251 e. The van der Waals surface area contributed by atoms with Crippen molar-refractivity contribution in [3.8, 4) is 0 Å². The number of rotatable bonds is 9. The van der Waals surface area contributed by atoms with Gasteiger partial charge in [0, 0.05) is 17.8 Å². The van der Waals surface area contributed by atoms with Gasteiger partial charge in [-0.05, 0) is 37.5 Å². The summed E-state index contributed by atoms with van der Waals surface area (Å²) < 4.78 is 26.1. The molecule has 0 atom stereocenters. The van der Waals surface area contributed by atoms with Gasteiger partial charge in [0.25, 0.3) is 5.91 Å². The zero-order chi connectivity index (χ0) is 17.5. The first kappa shape index (κ1) is 19.4. The van der Waals surface area contributed by atoms with Crippen LogP contribution in [0.1, 0.15) is 50.4 Å². The van der Waals surface area contributed by atoms with Gasteiger partial charge in [-0.15, -0.1) is 0 Å². The van der Waals surface area contributed by atoms with Crippen LogP contribution in [0.2, 0.25) is 0 Å². The minimum atomic E-state index is -3.38. The molecule has 4 N–H and O–H groups in total. The Morgan fingerprint density at radius 1 is 1.22 bits per heavy atom. The lowest BCUT2D eigenvalue weighted by Gasteiger charge is -2.31. The molecule has 0 fully saturated rings. The molecule has 0 aromatic heterocycles. The first-order valence-corrected chi connectivity index (χ1v) is 9.59. The normalized spacial score (nSPS) is 12.0. The summed E-state index contributed by atoms with van der Waals surface area (Å²) in [7, 11) is -3.38. The molecular formula is C16H27N3O3S. The predicted molar refractivity (Wildman–Crippen MR) is 94.0 cm³/mol. The fraction of sp³-hybridized carbons (Fsp3) is 0.562. The number of benzene rings is 1. The quantitative estimate of drug-likeness (QED) is 0.640. The van der Waals surface area contributed by atoms with Crippen LogP contribution in [0.25, 0.3) is 0 Å². The molecule has 1 aromatic rings. The van der Waals surface area contributed by atoms with Crippen molar-refractivity contribution in [3.63, 3.8) is 0 Å². The van der Waals surface area contributed by atoms with Crippen LogP contribution in [0, 0.1) is 0 Å². The van der Waals surface area contributed by atoms with E-state index in [-0.39, 0.29) is 11.7 Å². The van der Waals surface area contributed by atoms with E-state index in [2.05, 4.69) is 10.0 Å². The summed E-state index contributed by atoms with van der Waals surface area (Å²) >= 11 is 0. The fourth-order valence-electron chi connectivity index (χ4n) is 2.30. The monoisotopic (exact) mass is 341 g/mol. The lowest BCUT2D eigenvalue weighted by atomic mass is 9.92. The third-order valence-electron chi connectivity index (χ3n) is 3.99. The predicted octanol–water partition coefficient (Wildman–Crippen LogP) is 2.09. The van der Waals surface area contributed by atoms with E-state index in [1.807, 2.05) is 13.8 Å². The molecule has 7 heteroatoms. The number of hydrogen-bond acceptors (Lipinski definition) is 4. The second-order valence-electron chi connectivity index (χ2n) is 5.65.